The zero-order valence-corrected chi connectivity index (χ0v) is 11.4. The van der Waals surface area contributed by atoms with Gasteiger partial charge in [-0.2, -0.15) is 0 Å². The summed E-state index contributed by atoms with van der Waals surface area (Å²) < 4.78 is 0. The van der Waals surface area contributed by atoms with Crippen molar-refractivity contribution >= 4 is 25.8 Å². The van der Waals surface area contributed by atoms with Crippen molar-refractivity contribution in [3.63, 3.8) is 0 Å². The second-order valence-electron chi connectivity index (χ2n) is 4.30. The van der Waals surface area contributed by atoms with Crippen LogP contribution in [-0.4, -0.2) is 25.2 Å². The fourth-order valence-corrected chi connectivity index (χ4v) is 6.44. The summed E-state index contributed by atoms with van der Waals surface area (Å²) in [5.41, 5.74) is 0.708. The molecule has 2 nitrogen and oxygen atoms in total. The molecule has 0 spiro atoms. The van der Waals surface area contributed by atoms with E-state index in [4.69, 9.17) is 0 Å². The maximum atomic E-state index is 9.43. The van der Waals surface area contributed by atoms with Gasteiger partial charge in [0.25, 0.3) is 0 Å². The average molecular weight is 236 g/mol. The predicted molar refractivity (Wildman–Crippen MR) is 73.1 cm³/mol. The fourth-order valence-electron chi connectivity index (χ4n) is 2.53. The normalized spacial score (nSPS) is 11.6. The highest BCUT2D eigenvalue weighted by Gasteiger charge is 2.33. The van der Waals surface area contributed by atoms with Crippen LogP contribution < -0.4 is 10.6 Å². The summed E-state index contributed by atoms with van der Waals surface area (Å²) >= 11 is 0. The van der Waals surface area contributed by atoms with E-state index in [2.05, 4.69) is 26.8 Å². The van der Waals surface area contributed by atoms with Crippen LogP contribution in [0.25, 0.3) is 0 Å². The van der Waals surface area contributed by atoms with Crippen molar-refractivity contribution in [3.8, 4) is 0 Å². The molecule has 0 atom stereocenters. The number of benzene rings is 1. The van der Waals surface area contributed by atoms with Gasteiger partial charge in [0.15, 0.2) is 0 Å². The predicted octanol–water partition coefficient (Wildman–Crippen LogP) is 1.08. The third-order valence-corrected chi connectivity index (χ3v) is 9.50. The first kappa shape index (κ1) is 13.5. The van der Waals surface area contributed by atoms with Crippen LogP contribution in [0, 0.1) is 0 Å². The van der Waals surface area contributed by atoms with Crippen molar-refractivity contribution in [3.05, 3.63) is 24.3 Å². The molecule has 2 N–H and O–H groups in total. The number of hydrogen-bond acceptors (Lipinski definition) is 2. The summed E-state index contributed by atoms with van der Waals surface area (Å²) in [7, 11) is -2.86. The molecule has 0 aliphatic heterocycles. The quantitative estimate of drug-likeness (QED) is 0.751. The highest BCUT2D eigenvalue weighted by molar-refractivity contribution is 6.94. The second-order valence-corrected chi connectivity index (χ2v) is 9.52. The monoisotopic (exact) mass is 236 g/mol. The first-order valence-corrected chi connectivity index (χ1v) is 8.69. The fraction of sp³-hybridized carbons (Fsp3) is 0.500. The molecule has 0 saturated carbocycles. The van der Waals surface area contributed by atoms with Gasteiger partial charge in [-0.15, -0.1) is 0 Å². The molecule has 0 aliphatic carbocycles. The van der Waals surface area contributed by atoms with Gasteiger partial charge in [-0.25, -0.2) is 0 Å². The SMILES string of the molecule is CC[Si](CC)(CC)c1ccccc1B(O)O. The van der Waals surface area contributed by atoms with Gasteiger partial charge in [-0.05, 0) is 5.46 Å². The molecule has 88 valence electrons. The Morgan fingerprint density at radius 1 is 1.00 bits per heavy atom. The summed E-state index contributed by atoms with van der Waals surface area (Å²) in [4.78, 5) is 0. The first-order chi connectivity index (χ1) is 7.61. The summed E-state index contributed by atoms with van der Waals surface area (Å²) in [6, 6.07) is 11.3. The van der Waals surface area contributed by atoms with Crippen LogP contribution in [0.15, 0.2) is 24.3 Å². The van der Waals surface area contributed by atoms with Gasteiger partial charge in [0, 0.05) is 0 Å². The molecule has 1 aromatic carbocycles. The largest absolute Gasteiger partial charge is 0.488 e. The van der Waals surface area contributed by atoms with E-state index < -0.39 is 15.2 Å². The summed E-state index contributed by atoms with van der Waals surface area (Å²) in [5.74, 6) is 0. The average Bonchev–Trinajstić information content (AvgIpc) is 2.32. The molecule has 1 rings (SSSR count). The first-order valence-electron chi connectivity index (χ1n) is 6.06. The molecule has 0 bridgehead atoms. The molecule has 0 saturated heterocycles. The minimum Gasteiger partial charge on any atom is -0.423 e. The Labute approximate surface area is 99.5 Å². The van der Waals surface area contributed by atoms with Gasteiger partial charge in [0.2, 0.25) is 0 Å². The molecule has 0 aliphatic rings. The lowest BCUT2D eigenvalue weighted by Crippen LogP contribution is -2.57. The molecule has 16 heavy (non-hydrogen) atoms. The van der Waals surface area contributed by atoms with Crippen molar-refractivity contribution < 1.29 is 10.0 Å². The number of hydrogen-bond donors (Lipinski definition) is 2. The van der Waals surface area contributed by atoms with E-state index >= 15 is 0 Å². The minimum atomic E-state index is -1.52. The summed E-state index contributed by atoms with van der Waals surface area (Å²) in [6.07, 6.45) is 0. The third kappa shape index (κ3) is 2.39. The molecule has 0 fully saturated rings. The van der Waals surface area contributed by atoms with Crippen molar-refractivity contribution in [2.75, 3.05) is 0 Å². The Bertz CT molecular complexity index is 329. The van der Waals surface area contributed by atoms with E-state index in [0.717, 1.165) is 18.1 Å². The van der Waals surface area contributed by atoms with Gasteiger partial charge >= 0.3 is 7.12 Å². The van der Waals surface area contributed by atoms with Gasteiger partial charge in [0.1, 0.15) is 0 Å². The van der Waals surface area contributed by atoms with Gasteiger partial charge in [-0.3, -0.25) is 0 Å². The molecular weight excluding hydrogens is 215 g/mol. The summed E-state index contributed by atoms with van der Waals surface area (Å²) in [6.45, 7) is 6.67. The van der Waals surface area contributed by atoms with E-state index in [1.165, 1.54) is 5.19 Å². The Balaban J connectivity index is 3.29. The number of rotatable bonds is 5. The van der Waals surface area contributed by atoms with Crippen molar-refractivity contribution in [2.45, 2.75) is 38.9 Å². The van der Waals surface area contributed by atoms with E-state index in [1.807, 2.05) is 18.2 Å². The maximum Gasteiger partial charge on any atom is 0.488 e. The molecule has 4 heteroatoms. The lowest BCUT2D eigenvalue weighted by atomic mass is 9.80. The van der Waals surface area contributed by atoms with Gasteiger partial charge < -0.3 is 10.0 Å². The van der Waals surface area contributed by atoms with Crippen molar-refractivity contribution in [2.24, 2.45) is 0 Å². The van der Waals surface area contributed by atoms with Crippen LogP contribution in [0.4, 0.5) is 0 Å². The minimum absolute atomic E-state index is 0.708. The van der Waals surface area contributed by atoms with E-state index in [1.54, 1.807) is 0 Å². The molecule has 0 unspecified atom stereocenters. The van der Waals surface area contributed by atoms with Crippen molar-refractivity contribution in [1.82, 2.24) is 0 Å². The zero-order chi connectivity index (χ0) is 12.2. The third-order valence-electron chi connectivity index (χ3n) is 3.84. The molecule has 0 heterocycles. The molecule has 0 radical (unpaired) electrons. The lowest BCUT2D eigenvalue weighted by Gasteiger charge is -2.30. The molecule has 1 aromatic rings. The Morgan fingerprint density at radius 3 is 1.94 bits per heavy atom. The highest BCUT2D eigenvalue weighted by atomic mass is 28.3. The Kier molecular flexibility index (Phi) is 4.77. The second kappa shape index (κ2) is 5.66. The topological polar surface area (TPSA) is 40.5 Å². The molecule has 0 aromatic heterocycles. The van der Waals surface area contributed by atoms with Crippen LogP contribution in [0.1, 0.15) is 20.8 Å². The molecule has 0 amide bonds. The van der Waals surface area contributed by atoms with Crippen LogP contribution in [0.3, 0.4) is 0 Å². The Hall–Kier alpha value is -0.578. The maximum absolute atomic E-state index is 9.43. The lowest BCUT2D eigenvalue weighted by molar-refractivity contribution is 0.426. The summed E-state index contributed by atoms with van der Waals surface area (Å²) in [5, 5.41) is 20.1. The van der Waals surface area contributed by atoms with E-state index in [-0.39, 0.29) is 0 Å². The van der Waals surface area contributed by atoms with Crippen molar-refractivity contribution in [1.29, 1.82) is 0 Å². The van der Waals surface area contributed by atoms with E-state index in [9.17, 15) is 10.0 Å². The van der Waals surface area contributed by atoms with Gasteiger partial charge in [0.05, 0.1) is 8.07 Å². The van der Waals surface area contributed by atoms with Crippen LogP contribution in [0.5, 0.6) is 0 Å². The Morgan fingerprint density at radius 2 is 1.50 bits per heavy atom. The van der Waals surface area contributed by atoms with Crippen LogP contribution in [-0.2, 0) is 0 Å². The zero-order valence-electron chi connectivity index (χ0n) is 10.4. The highest BCUT2D eigenvalue weighted by Crippen LogP contribution is 2.19. The smallest absolute Gasteiger partial charge is 0.423 e. The van der Waals surface area contributed by atoms with Gasteiger partial charge in [-0.1, -0.05) is 68.4 Å². The van der Waals surface area contributed by atoms with E-state index in [0.29, 0.717) is 5.46 Å². The molecular formula is C12H21BO2Si. The van der Waals surface area contributed by atoms with Crippen LogP contribution >= 0.6 is 0 Å². The standard InChI is InChI=1S/C12H21BO2Si/c1-4-16(5-2,6-3)12-10-8-7-9-11(12)13(14)15/h7-10,14-15H,4-6H2,1-3H3. The van der Waals surface area contributed by atoms with Crippen LogP contribution in [0.2, 0.25) is 18.1 Å².